The molecule has 6 nitrogen and oxygen atoms in total. The van der Waals surface area contributed by atoms with E-state index in [1.165, 1.54) is 11.3 Å². The summed E-state index contributed by atoms with van der Waals surface area (Å²) in [6, 6.07) is 18.4. The number of hydrogen-bond donors (Lipinski definition) is 2. The highest BCUT2D eigenvalue weighted by molar-refractivity contribution is 7.17. The second-order valence-corrected chi connectivity index (χ2v) is 10.7. The highest BCUT2D eigenvalue weighted by Gasteiger charge is 2.34. The second kappa shape index (κ2) is 13.1. The predicted molar refractivity (Wildman–Crippen MR) is 155 cm³/mol. The third-order valence-electron chi connectivity index (χ3n) is 7.19. The number of halogens is 3. The molecule has 0 spiro atoms. The van der Waals surface area contributed by atoms with E-state index in [-0.39, 0.29) is 30.4 Å². The molecule has 4 aromatic rings. The summed E-state index contributed by atoms with van der Waals surface area (Å²) in [6.45, 7) is 2.04. The average molecular weight is 595 g/mol. The largest absolute Gasteiger partial charge is 0.497 e. The Morgan fingerprint density at radius 2 is 1.74 bits per heavy atom. The van der Waals surface area contributed by atoms with Crippen LogP contribution in [-0.2, 0) is 11.0 Å². The number of nitriles is 1. The molecule has 218 valence electrons. The van der Waals surface area contributed by atoms with Crippen molar-refractivity contribution in [3.05, 3.63) is 99.4 Å². The summed E-state index contributed by atoms with van der Waals surface area (Å²) in [4.78, 5) is 23.3. The van der Waals surface area contributed by atoms with E-state index in [1.807, 2.05) is 54.8 Å². The van der Waals surface area contributed by atoms with Crippen LogP contribution in [0.15, 0.2) is 66.0 Å². The molecule has 0 fully saturated rings. The van der Waals surface area contributed by atoms with Crippen LogP contribution in [0.2, 0.25) is 0 Å². The molecule has 2 unspecified atom stereocenters. The summed E-state index contributed by atoms with van der Waals surface area (Å²) >= 11 is 1.25. The van der Waals surface area contributed by atoms with Crippen molar-refractivity contribution < 1.29 is 32.6 Å². The number of nitrogens with zero attached hydrogens (tertiary/aromatic N) is 1. The molecule has 42 heavy (non-hydrogen) atoms. The first-order valence-electron chi connectivity index (χ1n) is 13.3. The first-order valence-corrected chi connectivity index (χ1v) is 14.2. The van der Waals surface area contributed by atoms with Crippen molar-refractivity contribution in [3.8, 4) is 11.8 Å². The first kappa shape index (κ1) is 30.6. The van der Waals surface area contributed by atoms with Gasteiger partial charge >= 0.3 is 12.1 Å². The van der Waals surface area contributed by atoms with Crippen LogP contribution in [0.25, 0.3) is 10.1 Å². The van der Waals surface area contributed by atoms with Gasteiger partial charge in [0.05, 0.1) is 29.4 Å². The van der Waals surface area contributed by atoms with E-state index in [0.717, 1.165) is 29.7 Å². The van der Waals surface area contributed by atoms with Crippen molar-refractivity contribution >= 4 is 33.3 Å². The molecule has 10 heteroatoms. The van der Waals surface area contributed by atoms with Gasteiger partial charge in [-0.15, -0.1) is 11.3 Å². The van der Waals surface area contributed by atoms with Gasteiger partial charge in [-0.25, -0.2) is 0 Å². The molecule has 1 heterocycles. The predicted octanol–water partition coefficient (Wildman–Crippen LogP) is 7.72. The van der Waals surface area contributed by atoms with Crippen molar-refractivity contribution in [2.45, 2.75) is 44.2 Å². The van der Waals surface area contributed by atoms with E-state index in [4.69, 9.17) is 9.84 Å². The number of amides is 1. The van der Waals surface area contributed by atoms with Crippen molar-refractivity contribution in [2.75, 3.05) is 13.7 Å². The molecule has 0 bridgehead atoms. The fourth-order valence-electron chi connectivity index (χ4n) is 5.19. The fraction of sp³-hybridized carbons (Fsp3) is 0.281. The molecule has 1 aromatic heterocycles. The lowest BCUT2D eigenvalue weighted by Gasteiger charge is -2.29. The minimum absolute atomic E-state index is 0.00372. The fourth-order valence-corrected chi connectivity index (χ4v) is 6.24. The number of carboxylic acids is 1. The number of nitrogens with one attached hydrogen (secondary N) is 1. The van der Waals surface area contributed by atoms with Crippen molar-refractivity contribution in [3.63, 3.8) is 0 Å². The van der Waals surface area contributed by atoms with E-state index < -0.39 is 23.6 Å². The summed E-state index contributed by atoms with van der Waals surface area (Å²) in [5, 5.41) is 23.3. The van der Waals surface area contributed by atoms with Gasteiger partial charge in [-0.2, -0.15) is 18.4 Å². The third-order valence-corrected chi connectivity index (χ3v) is 8.24. The molecule has 3 aromatic carbocycles. The first-order chi connectivity index (χ1) is 20.1. The number of carbonyl (C=O) groups excluding carboxylic acids is 1. The van der Waals surface area contributed by atoms with E-state index in [2.05, 4.69) is 5.32 Å². The van der Waals surface area contributed by atoms with E-state index in [9.17, 15) is 28.0 Å². The zero-order valence-electron chi connectivity index (χ0n) is 23.0. The highest BCUT2D eigenvalue weighted by atomic mass is 32.1. The van der Waals surface area contributed by atoms with Crippen LogP contribution in [-0.4, -0.2) is 30.6 Å². The molecule has 0 aliphatic rings. The molecule has 0 saturated carbocycles. The van der Waals surface area contributed by atoms with Crippen molar-refractivity contribution in [2.24, 2.45) is 0 Å². The Hall–Kier alpha value is -4.36. The smallest absolute Gasteiger partial charge is 0.416 e. The molecule has 2 N–H and O–H groups in total. The average Bonchev–Trinajstić information content (AvgIpc) is 3.40. The molecule has 2 atom stereocenters. The molecule has 0 saturated heterocycles. The molecular formula is C32H29F3N2O4S. The maximum Gasteiger partial charge on any atom is 0.416 e. The standard InChI is InChI=1S/C32H29F3N2O4S/c1-3-4-25(19-5-7-21(8-6-19)31(40)37-14-13-28(38)39)29(20-9-11-24(41-2)12-10-20)27-18-42-30-22(17-36)15-23(16-26(27)30)32(33,34)35/h5-12,15-16,18,25,29H,3-4,13-14H2,1-2H3,(H,37,40)(H,38,39). The number of fused-ring (bicyclic) bond motifs is 1. The number of aliphatic carboxylic acids is 1. The van der Waals surface area contributed by atoms with Gasteiger partial charge < -0.3 is 15.2 Å². The topological polar surface area (TPSA) is 99.4 Å². The summed E-state index contributed by atoms with van der Waals surface area (Å²) in [5.74, 6) is -1.30. The van der Waals surface area contributed by atoms with E-state index >= 15 is 0 Å². The van der Waals surface area contributed by atoms with Gasteiger partial charge in [0.2, 0.25) is 0 Å². The van der Waals surface area contributed by atoms with Crippen LogP contribution in [0.1, 0.15) is 76.2 Å². The summed E-state index contributed by atoms with van der Waals surface area (Å²) < 4.78 is 47.4. The SMILES string of the molecule is CCCC(c1ccc(C(=O)NCCC(=O)O)cc1)C(c1ccc(OC)cc1)c1csc2c(C#N)cc(C(F)(F)F)cc12. The van der Waals surface area contributed by atoms with Crippen LogP contribution >= 0.6 is 11.3 Å². The Labute approximate surface area is 245 Å². The van der Waals surface area contributed by atoms with E-state index in [1.54, 1.807) is 19.2 Å². The maximum atomic E-state index is 13.9. The zero-order chi connectivity index (χ0) is 30.4. The maximum absolute atomic E-state index is 13.9. The molecule has 0 aliphatic carbocycles. The van der Waals surface area contributed by atoms with E-state index in [0.29, 0.717) is 33.4 Å². The van der Waals surface area contributed by atoms with Crippen LogP contribution in [0.5, 0.6) is 5.75 Å². The number of hydrogen-bond acceptors (Lipinski definition) is 5. The minimum atomic E-state index is -4.61. The summed E-state index contributed by atoms with van der Waals surface area (Å²) in [7, 11) is 1.56. The lowest BCUT2D eigenvalue weighted by molar-refractivity contribution is -0.138. The number of alkyl halides is 3. The van der Waals surface area contributed by atoms with Gasteiger partial charge in [0.15, 0.2) is 0 Å². The van der Waals surface area contributed by atoms with Gasteiger partial charge in [0, 0.05) is 18.0 Å². The van der Waals surface area contributed by atoms with Gasteiger partial charge in [-0.05, 0) is 76.2 Å². The van der Waals surface area contributed by atoms with Crippen LogP contribution < -0.4 is 10.1 Å². The third kappa shape index (κ3) is 6.74. The quantitative estimate of drug-likeness (QED) is 0.185. The number of ether oxygens (including phenoxy) is 1. The number of methoxy groups -OCH3 is 1. The molecular weight excluding hydrogens is 565 g/mol. The lowest BCUT2D eigenvalue weighted by atomic mass is 9.75. The lowest BCUT2D eigenvalue weighted by Crippen LogP contribution is -2.26. The number of benzene rings is 3. The number of thiophene rings is 1. The van der Waals surface area contributed by atoms with Gasteiger partial charge in [0.25, 0.3) is 5.91 Å². The molecule has 1 amide bonds. The second-order valence-electron chi connectivity index (χ2n) is 9.87. The zero-order valence-corrected chi connectivity index (χ0v) is 23.8. The van der Waals surface area contributed by atoms with Crippen LogP contribution in [0, 0.1) is 11.3 Å². The van der Waals surface area contributed by atoms with Crippen LogP contribution in [0.3, 0.4) is 0 Å². The number of carboxylic acid groups (broad SMARTS) is 1. The number of carbonyl (C=O) groups is 2. The summed E-state index contributed by atoms with van der Waals surface area (Å²) in [6.07, 6.45) is -3.32. The molecule has 4 rings (SSSR count). The number of rotatable bonds is 11. The minimum Gasteiger partial charge on any atom is -0.497 e. The monoisotopic (exact) mass is 594 g/mol. The Morgan fingerprint density at radius 1 is 1.07 bits per heavy atom. The van der Waals surface area contributed by atoms with Gasteiger partial charge in [-0.1, -0.05) is 37.6 Å². The summed E-state index contributed by atoms with van der Waals surface area (Å²) in [5.41, 5.74) is 1.94. The Kier molecular flexibility index (Phi) is 9.53. The Balaban J connectivity index is 1.84. The molecule has 0 aliphatic heterocycles. The van der Waals surface area contributed by atoms with Crippen LogP contribution in [0.4, 0.5) is 13.2 Å². The van der Waals surface area contributed by atoms with Crippen molar-refractivity contribution in [1.82, 2.24) is 5.32 Å². The normalized spacial score (nSPS) is 12.9. The van der Waals surface area contributed by atoms with Gasteiger partial charge in [-0.3, -0.25) is 9.59 Å². The highest BCUT2D eigenvalue weighted by Crippen LogP contribution is 2.47. The van der Waals surface area contributed by atoms with Crippen molar-refractivity contribution in [1.29, 1.82) is 5.26 Å². The van der Waals surface area contributed by atoms with Gasteiger partial charge in [0.1, 0.15) is 11.8 Å². The molecule has 0 radical (unpaired) electrons. The Morgan fingerprint density at radius 3 is 2.31 bits per heavy atom. The Bertz CT molecular complexity index is 1610.